The van der Waals surface area contributed by atoms with Crippen molar-refractivity contribution in [3.05, 3.63) is 117 Å². The first-order valence-electron chi connectivity index (χ1n) is 12.9. The molecule has 0 radical (unpaired) electrons. The van der Waals surface area contributed by atoms with Crippen molar-refractivity contribution in [3.63, 3.8) is 0 Å². The molecular weight excluding hydrogens is 502 g/mol. The van der Waals surface area contributed by atoms with E-state index in [0.717, 1.165) is 45.1 Å². The van der Waals surface area contributed by atoms with Crippen LogP contribution in [0.4, 0.5) is 0 Å². The number of allylic oxidation sites excluding steroid dienone is 3. The monoisotopic (exact) mass is 529 g/mol. The highest BCUT2D eigenvalue weighted by Crippen LogP contribution is 2.37. The van der Waals surface area contributed by atoms with Crippen molar-refractivity contribution < 1.29 is 9.90 Å². The summed E-state index contributed by atoms with van der Waals surface area (Å²) >= 11 is 0. The van der Waals surface area contributed by atoms with Gasteiger partial charge in [0.1, 0.15) is 11.9 Å². The van der Waals surface area contributed by atoms with Gasteiger partial charge in [-0.1, -0.05) is 42.5 Å². The highest BCUT2D eigenvalue weighted by atomic mass is 16.3. The average Bonchev–Trinajstić information content (AvgIpc) is 3.19. The summed E-state index contributed by atoms with van der Waals surface area (Å²) < 4.78 is 1.57. The number of nitrogens with two attached hydrogens (primary N) is 1. The van der Waals surface area contributed by atoms with Gasteiger partial charge in [0.25, 0.3) is 11.5 Å². The zero-order valence-electron chi connectivity index (χ0n) is 22.0. The number of primary amides is 1. The molecule has 198 valence electrons. The van der Waals surface area contributed by atoms with Gasteiger partial charge >= 0.3 is 0 Å². The number of amides is 1. The summed E-state index contributed by atoms with van der Waals surface area (Å²) in [6, 6.07) is 18.5. The minimum absolute atomic E-state index is 0.146. The number of hydrogen-bond acceptors (Lipinski definition) is 5. The second-order valence-electron chi connectivity index (χ2n) is 10.2. The molecule has 0 saturated heterocycles. The zero-order chi connectivity index (χ0) is 28.2. The number of carbonyl (C=O) groups is 1. The molecule has 5 N–H and O–H groups in total. The topological polar surface area (TPSA) is 138 Å². The molecule has 0 fully saturated rings. The number of aliphatic hydroxyl groups is 1. The fraction of sp³-hybridized carbons (Fsp3) is 0.125. The van der Waals surface area contributed by atoms with Gasteiger partial charge in [0.15, 0.2) is 0 Å². The van der Waals surface area contributed by atoms with Gasteiger partial charge in [-0.05, 0) is 72.0 Å². The predicted molar refractivity (Wildman–Crippen MR) is 158 cm³/mol. The van der Waals surface area contributed by atoms with Gasteiger partial charge in [-0.15, -0.1) is 0 Å². The van der Waals surface area contributed by atoms with Gasteiger partial charge in [-0.2, -0.15) is 0 Å². The van der Waals surface area contributed by atoms with E-state index in [0.29, 0.717) is 34.2 Å². The van der Waals surface area contributed by atoms with Crippen LogP contribution in [-0.4, -0.2) is 31.8 Å². The Bertz CT molecular complexity index is 1990. The molecule has 8 nitrogen and oxygen atoms in total. The first-order valence-corrected chi connectivity index (χ1v) is 12.9. The second kappa shape index (κ2) is 9.29. The molecule has 5 aromatic rings. The fourth-order valence-electron chi connectivity index (χ4n) is 5.45. The molecule has 40 heavy (non-hydrogen) atoms. The normalized spacial score (nSPS) is 14.7. The average molecular weight is 530 g/mol. The van der Waals surface area contributed by atoms with Crippen LogP contribution in [-0.2, 0) is 16.8 Å². The van der Waals surface area contributed by atoms with Crippen LogP contribution < -0.4 is 11.3 Å². The van der Waals surface area contributed by atoms with Gasteiger partial charge in [-0.25, -0.2) is 4.98 Å². The molecule has 0 spiro atoms. The molecular formula is C32H27N5O3. The van der Waals surface area contributed by atoms with E-state index >= 15 is 0 Å². The van der Waals surface area contributed by atoms with Crippen LogP contribution in [0.5, 0.6) is 0 Å². The van der Waals surface area contributed by atoms with Gasteiger partial charge in [0, 0.05) is 23.5 Å². The summed E-state index contributed by atoms with van der Waals surface area (Å²) in [5.74, 6) is -0.559. The van der Waals surface area contributed by atoms with Crippen molar-refractivity contribution in [2.24, 2.45) is 5.73 Å². The van der Waals surface area contributed by atoms with Crippen molar-refractivity contribution in [1.29, 1.82) is 5.41 Å². The minimum Gasteiger partial charge on any atom is -0.380 e. The number of carbonyl (C=O) groups excluding carboxylic acids is 1. The van der Waals surface area contributed by atoms with Crippen molar-refractivity contribution in [1.82, 2.24) is 14.5 Å². The number of fused-ring (bicyclic) bond motifs is 4. The van der Waals surface area contributed by atoms with E-state index in [1.54, 1.807) is 42.1 Å². The molecule has 2 aromatic heterocycles. The number of H-pyrrole nitrogens is 1. The molecule has 0 saturated carbocycles. The summed E-state index contributed by atoms with van der Waals surface area (Å²) in [5.41, 5.74) is 11.6. The molecule has 1 unspecified atom stereocenters. The van der Waals surface area contributed by atoms with E-state index in [4.69, 9.17) is 11.1 Å². The molecule has 1 aliphatic rings. The van der Waals surface area contributed by atoms with Crippen LogP contribution in [0.15, 0.2) is 83.9 Å². The number of nitrogens with one attached hydrogen (secondary N) is 2. The standard InChI is InChI=1S/C32H27N5O3/c1-18-21(7-5-9-28(18)37-17-35-26-8-4-3-6-23(26)31(37)39)19-10-12-24(30(34)38)29-25(14-19)22-13-11-20(15-27(22)36-29)32(2,40)16-33/h3-13,15-17,33,36,40H,14H2,1-2H3,(H2,34,38). The largest absolute Gasteiger partial charge is 0.380 e. The fourth-order valence-corrected chi connectivity index (χ4v) is 5.45. The van der Waals surface area contributed by atoms with Gasteiger partial charge in [0.2, 0.25) is 0 Å². The van der Waals surface area contributed by atoms with Crippen molar-refractivity contribution >= 4 is 45.1 Å². The molecule has 6 rings (SSSR count). The Morgan fingerprint density at radius 3 is 2.70 bits per heavy atom. The number of aromatic amines is 1. The van der Waals surface area contributed by atoms with E-state index < -0.39 is 11.5 Å². The lowest BCUT2D eigenvalue weighted by atomic mass is 9.92. The highest BCUT2D eigenvalue weighted by Gasteiger charge is 2.25. The van der Waals surface area contributed by atoms with Crippen molar-refractivity contribution in [3.8, 4) is 5.69 Å². The Balaban J connectivity index is 1.50. The summed E-state index contributed by atoms with van der Waals surface area (Å²) in [7, 11) is 0. The Hall–Kier alpha value is -5.08. The van der Waals surface area contributed by atoms with Crippen molar-refractivity contribution in [2.75, 3.05) is 0 Å². The van der Waals surface area contributed by atoms with E-state index in [-0.39, 0.29) is 5.56 Å². The molecule has 3 aromatic carbocycles. The first kappa shape index (κ1) is 25.2. The van der Waals surface area contributed by atoms with Crippen LogP contribution in [0.2, 0.25) is 0 Å². The van der Waals surface area contributed by atoms with Crippen molar-refractivity contribution in [2.45, 2.75) is 25.9 Å². The van der Waals surface area contributed by atoms with Crippen LogP contribution in [0.3, 0.4) is 0 Å². The molecule has 1 atom stereocenters. The lowest BCUT2D eigenvalue weighted by molar-refractivity contribution is -0.112. The van der Waals surface area contributed by atoms with Crippen LogP contribution >= 0.6 is 0 Å². The van der Waals surface area contributed by atoms with Gasteiger partial charge in [-0.3, -0.25) is 14.2 Å². The summed E-state index contributed by atoms with van der Waals surface area (Å²) in [5, 5.41) is 19.6. The minimum atomic E-state index is -1.42. The van der Waals surface area contributed by atoms with Crippen LogP contribution in [0.25, 0.3) is 38.6 Å². The number of aromatic nitrogens is 3. The third-order valence-electron chi connectivity index (χ3n) is 7.70. The predicted octanol–water partition coefficient (Wildman–Crippen LogP) is 4.54. The molecule has 1 amide bonds. The Labute approximate surface area is 229 Å². The van der Waals surface area contributed by atoms with Crippen LogP contribution in [0.1, 0.15) is 34.9 Å². The highest BCUT2D eigenvalue weighted by molar-refractivity contribution is 6.20. The van der Waals surface area contributed by atoms with Gasteiger partial charge in [0.05, 0.1) is 27.9 Å². The Morgan fingerprint density at radius 1 is 1.12 bits per heavy atom. The second-order valence-corrected chi connectivity index (χ2v) is 10.2. The molecule has 1 aliphatic carbocycles. The zero-order valence-corrected chi connectivity index (χ0v) is 22.0. The van der Waals surface area contributed by atoms with E-state index in [2.05, 4.69) is 9.97 Å². The smallest absolute Gasteiger partial charge is 0.265 e. The molecule has 8 heteroatoms. The van der Waals surface area contributed by atoms with Gasteiger partial charge < -0.3 is 21.2 Å². The SMILES string of the molecule is Cc1c(C2=CC=C(C(N)=O)c3[nH]c4cc(C(C)(O)C=N)ccc4c3C2)cccc1-n1cnc2ccccc2c1=O. The Morgan fingerprint density at radius 2 is 1.93 bits per heavy atom. The summed E-state index contributed by atoms with van der Waals surface area (Å²) in [6.45, 7) is 3.52. The number of hydrogen-bond donors (Lipinski definition) is 4. The number of nitrogens with zero attached hydrogens (tertiary/aromatic N) is 2. The van der Waals surface area contributed by atoms with E-state index in [1.165, 1.54) is 0 Å². The molecule has 0 aliphatic heterocycles. The van der Waals surface area contributed by atoms with Crippen LogP contribution in [0, 0.1) is 12.3 Å². The third-order valence-corrected chi connectivity index (χ3v) is 7.70. The lowest BCUT2D eigenvalue weighted by Gasteiger charge is -2.18. The maximum Gasteiger partial charge on any atom is 0.265 e. The maximum absolute atomic E-state index is 13.3. The van der Waals surface area contributed by atoms with E-state index in [1.807, 2.05) is 55.5 Å². The quantitative estimate of drug-likeness (QED) is 0.248. The Kier molecular flexibility index (Phi) is 5.85. The molecule has 0 bridgehead atoms. The number of benzene rings is 3. The van der Waals surface area contributed by atoms with E-state index in [9.17, 15) is 14.7 Å². The third kappa shape index (κ3) is 3.97. The first-order chi connectivity index (χ1) is 19.2. The molecule has 2 heterocycles. The number of rotatable bonds is 5. The summed E-state index contributed by atoms with van der Waals surface area (Å²) in [4.78, 5) is 33.7. The lowest BCUT2D eigenvalue weighted by Crippen LogP contribution is -2.22. The summed E-state index contributed by atoms with van der Waals surface area (Å²) in [6.07, 6.45) is 6.68. The maximum atomic E-state index is 13.3. The number of para-hydroxylation sites is 1.